The number of rotatable bonds is 2. The third-order valence-corrected chi connectivity index (χ3v) is 3.23. The van der Waals surface area contributed by atoms with Gasteiger partial charge in [-0.2, -0.15) is 5.10 Å². The van der Waals surface area contributed by atoms with Crippen LogP contribution in [-0.4, -0.2) is 9.78 Å². The molecule has 0 radical (unpaired) electrons. The molecule has 78 valence electrons. The molecule has 0 saturated heterocycles. The first-order valence-electron chi connectivity index (χ1n) is 5.52. The largest absolute Gasteiger partial charge is 0.396 e. The van der Waals surface area contributed by atoms with Crippen molar-refractivity contribution in [2.75, 3.05) is 5.73 Å². The Hall–Kier alpha value is -0.990. The molecular formula is C11H19N3. The normalized spacial score (nSPS) is 27.8. The number of aromatic nitrogens is 2. The van der Waals surface area contributed by atoms with Crippen LogP contribution >= 0.6 is 0 Å². The Kier molecular flexibility index (Phi) is 2.75. The lowest BCUT2D eigenvalue weighted by Crippen LogP contribution is -2.17. The summed E-state index contributed by atoms with van der Waals surface area (Å²) in [6, 6.07) is 0. The molecule has 1 saturated carbocycles. The van der Waals surface area contributed by atoms with Crippen molar-refractivity contribution < 1.29 is 0 Å². The summed E-state index contributed by atoms with van der Waals surface area (Å²) in [6.07, 6.45) is 9.11. The van der Waals surface area contributed by atoms with Crippen LogP contribution in [0.2, 0.25) is 0 Å². The minimum Gasteiger partial charge on any atom is -0.396 e. The van der Waals surface area contributed by atoms with Crippen LogP contribution in [0.3, 0.4) is 0 Å². The molecule has 0 aliphatic heterocycles. The van der Waals surface area contributed by atoms with Crippen LogP contribution in [0.15, 0.2) is 12.4 Å². The van der Waals surface area contributed by atoms with E-state index in [-0.39, 0.29) is 0 Å². The highest BCUT2D eigenvalue weighted by Crippen LogP contribution is 2.29. The van der Waals surface area contributed by atoms with Crippen molar-refractivity contribution in [2.45, 2.75) is 39.2 Å². The van der Waals surface area contributed by atoms with Crippen LogP contribution in [0.4, 0.5) is 5.69 Å². The van der Waals surface area contributed by atoms with E-state index in [1.165, 1.54) is 25.7 Å². The molecule has 14 heavy (non-hydrogen) atoms. The van der Waals surface area contributed by atoms with Crippen molar-refractivity contribution in [2.24, 2.45) is 11.8 Å². The van der Waals surface area contributed by atoms with Crippen LogP contribution in [0, 0.1) is 11.8 Å². The molecule has 1 aliphatic rings. The van der Waals surface area contributed by atoms with E-state index in [0.717, 1.165) is 24.1 Å². The second-order valence-electron chi connectivity index (χ2n) is 4.62. The first-order chi connectivity index (χ1) is 6.74. The molecule has 0 amide bonds. The lowest BCUT2D eigenvalue weighted by Gasteiger charge is -2.25. The fraction of sp³-hybridized carbons (Fsp3) is 0.727. The number of anilines is 1. The molecule has 0 spiro atoms. The van der Waals surface area contributed by atoms with Gasteiger partial charge in [-0.3, -0.25) is 4.68 Å². The Morgan fingerprint density at radius 1 is 1.43 bits per heavy atom. The van der Waals surface area contributed by atoms with Gasteiger partial charge in [0, 0.05) is 12.7 Å². The minimum atomic E-state index is 0.772. The van der Waals surface area contributed by atoms with Crippen molar-refractivity contribution in [1.82, 2.24) is 9.78 Å². The number of hydrogen-bond acceptors (Lipinski definition) is 2. The molecule has 3 nitrogen and oxygen atoms in total. The highest BCUT2D eigenvalue weighted by Gasteiger charge is 2.18. The molecular weight excluding hydrogens is 174 g/mol. The molecule has 1 fully saturated rings. The van der Waals surface area contributed by atoms with Gasteiger partial charge >= 0.3 is 0 Å². The smallest absolute Gasteiger partial charge is 0.0719 e. The molecule has 1 aliphatic carbocycles. The first-order valence-corrected chi connectivity index (χ1v) is 5.52. The average Bonchev–Trinajstić information content (AvgIpc) is 2.56. The Bertz CT molecular complexity index is 284. The maximum atomic E-state index is 5.62. The molecule has 0 unspecified atom stereocenters. The quantitative estimate of drug-likeness (QED) is 0.783. The van der Waals surface area contributed by atoms with Crippen LogP contribution in [-0.2, 0) is 6.54 Å². The molecule has 0 aromatic carbocycles. The number of nitrogens with two attached hydrogens (primary N) is 1. The Labute approximate surface area is 85.3 Å². The molecule has 2 N–H and O–H groups in total. The molecule has 3 heteroatoms. The fourth-order valence-corrected chi connectivity index (χ4v) is 2.26. The number of nitrogens with zero attached hydrogens (tertiary/aromatic N) is 2. The summed E-state index contributed by atoms with van der Waals surface area (Å²) in [5.41, 5.74) is 6.39. The highest BCUT2D eigenvalue weighted by atomic mass is 15.3. The molecule has 0 atom stereocenters. The Balaban J connectivity index is 1.86. The van der Waals surface area contributed by atoms with E-state index < -0.39 is 0 Å². The van der Waals surface area contributed by atoms with Gasteiger partial charge in [0.1, 0.15) is 0 Å². The molecule has 1 aromatic heterocycles. The maximum Gasteiger partial charge on any atom is 0.0719 e. The van der Waals surface area contributed by atoms with E-state index in [4.69, 9.17) is 5.73 Å². The zero-order chi connectivity index (χ0) is 9.97. The zero-order valence-electron chi connectivity index (χ0n) is 8.82. The summed E-state index contributed by atoms with van der Waals surface area (Å²) in [5, 5.41) is 4.22. The van der Waals surface area contributed by atoms with Crippen molar-refractivity contribution >= 4 is 5.69 Å². The van der Waals surface area contributed by atoms with Gasteiger partial charge in [-0.15, -0.1) is 0 Å². The standard InChI is InChI=1S/C11H19N3/c1-9-2-4-10(5-3-9)7-14-8-11(12)6-13-14/h6,8-10H,2-5,7,12H2,1H3. The van der Waals surface area contributed by atoms with Gasteiger partial charge in [-0.05, 0) is 24.7 Å². The van der Waals surface area contributed by atoms with Crippen LogP contribution in [0.25, 0.3) is 0 Å². The SMILES string of the molecule is CC1CCC(Cn2cc(N)cn2)CC1. The summed E-state index contributed by atoms with van der Waals surface area (Å²) in [5.74, 6) is 1.74. The first kappa shape index (κ1) is 9.56. The van der Waals surface area contributed by atoms with E-state index >= 15 is 0 Å². The van der Waals surface area contributed by atoms with Crippen molar-refractivity contribution in [1.29, 1.82) is 0 Å². The second kappa shape index (κ2) is 4.03. The maximum absolute atomic E-state index is 5.62. The van der Waals surface area contributed by atoms with E-state index in [2.05, 4.69) is 12.0 Å². The van der Waals surface area contributed by atoms with Crippen molar-refractivity contribution in [3.05, 3.63) is 12.4 Å². The van der Waals surface area contributed by atoms with Crippen LogP contribution in [0.5, 0.6) is 0 Å². The van der Waals surface area contributed by atoms with Gasteiger partial charge in [-0.25, -0.2) is 0 Å². The van der Waals surface area contributed by atoms with E-state index in [1.807, 2.05) is 10.9 Å². The van der Waals surface area contributed by atoms with Crippen molar-refractivity contribution in [3.63, 3.8) is 0 Å². The summed E-state index contributed by atoms with van der Waals surface area (Å²) < 4.78 is 1.98. The average molecular weight is 193 g/mol. The minimum absolute atomic E-state index is 0.772. The van der Waals surface area contributed by atoms with Gasteiger partial charge in [0.25, 0.3) is 0 Å². The van der Waals surface area contributed by atoms with Gasteiger partial charge in [-0.1, -0.05) is 19.8 Å². The van der Waals surface area contributed by atoms with Crippen molar-refractivity contribution in [3.8, 4) is 0 Å². The van der Waals surface area contributed by atoms with E-state index in [1.54, 1.807) is 6.20 Å². The zero-order valence-corrected chi connectivity index (χ0v) is 8.82. The Morgan fingerprint density at radius 2 is 2.14 bits per heavy atom. The summed E-state index contributed by atoms with van der Waals surface area (Å²) >= 11 is 0. The number of hydrogen-bond donors (Lipinski definition) is 1. The molecule has 2 rings (SSSR count). The molecule has 1 aromatic rings. The predicted octanol–water partition coefficient (Wildman–Crippen LogP) is 2.29. The summed E-state index contributed by atoms with van der Waals surface area (Å²) in [7, 11) is 0. The lowest BCUT2D eigenvalue weighted by atomic mass is 9.83. The van der Waals surface area contributed by atoms with Crippen LogP contribution < -0.4 is 5.73 Å². The van der Waals surface area contributed by atoms with Crippen LogP contribution in [0.1, 0.15) is 32.6 Å². The summed E-state index contributed by atoms with van der Waals surface area (Å²) in [4.78, 5) is 0. The number of nitrogen functional groups attached to an aromatic ring is 1. The second-order valence-corrected chi connectivity index (χ2v) is 4.62. The summed E-state index contributed by atoms with van der Waals surface area (Å²) in [6.45, 7) is 3.39. The monoisotopic (exact) mass is 193 g/mol. The third kappa shape index (κ3) is 2.28. The Morgan fingerprint density at radius 3 is 2.71 bits per heavy atom. The van der Waals surface area contributed by atoms with Gasteiger partial charge < -0.3 is 5.73 Å². The van der Waals surface area contributed by atoms with E-state index in [9.17, 15) is 0 Å². The third-order valence-electron chi connectivity index (χ3n) is 3.23. The predicted molar refractivity (Wildman–Crippen MR) is 57.8 cm³/mol. The molecule has 1 heterocycles. The van der Waals surface area contributed by atoms with E-state index in [0.29, 0.717) is 0 Å². The van der Waals surface area contributed by atoms with Gasteiger partial charge in [0.05, 0.1) is 11.9 Å². The lowest BCUT2D eigenvalue weighted by molar-refractivity contribution is 0.258. The van der Waals surface area contributed by atoms with Gasteiger partial charge in [0.15, 0.2) is 0 Å². The van der Waals surface area contributed by atoms with Gasteiger partial charge in [0.2, 0.25) is 0 Å². The molecule has 0 bridgehead atoms. The highest BCUT2D eigenvalue weighted by molar-refractivity contribution is 5.30. The topological polar surface area (TPSA) is 43.8 Å². The fourth-order valence-electron chi connectivity index (χ4n) is 2.26.